The number of benzene rings is 2. The van der Waals surface area contributed by atoms with Crippen LogP contribution in [0.15, 0.2) is 41.4 Å². The predicted molar refractivity (Wildman–Crippen MR) is 81.7 cm³/mol. The van der Waals surface area contributed by atoms with Gasteiger partial charge in [-0.3, -0.25) is 4.79 Å². The summed E-state index contributed by atoms with van der Waals surface area (Å²) in [5, 5.41) is 0. The van der Waals surface area contributed by atoms with Gasteiger partial charge in [-0.05, 0) is 25.1 Å². The van der Waals surface area contributed by atoms with Crippen molar-refractivity contribution in [2.75, 3.05) is 0 Å². The molecule has 0 bridgehead atoms. The molecule has 1 aromatic heterocycles. The van der Waals surface area contributed by atoms with E-state index in [9.17, 15) is 18.0 Å². The normalized spacial score (nSPS) is 12.1. The number of rotatable bonds is 2. The first-order chi connectivity index (χ1) is 11.0. The average molecular weight is 336 g/mol. The summed E-state index contributed by atoms with van der Waals surface area (Å²) in [6.45, 7) is 2.09. The van der Waals surface area contributed by atoms with Gasteiger partial charge >= 0.3 is 0 Å². The van der Waals surface area contributed by atoms with Crippen LogP contribution in [-0.2, 0) is 6.54 Å². The van der Waals surface area contributed by atoms with E-state index in [1.54, 1.807) is 6.92 Å². The largest absolute Gasteiger partial charge is 0.314 e. The molecule has 118 valence electrons. The minimum absolute atomic E-state index is 0.167. The van der Waals surface area contributed by atoms with Crippen LogP contribution in [0.2, 0.25) is 0 Å². The lowest BCUT2D eigenvalue weighted by Gasteiger charge is -2.02. The minimum atomic E-state index is -0.766. The zero-order valence-corrected chi connectivity index (χ0v) is 12.8. The van der Waals surface area contributed by atoms with Crippen LogP contribution in [0.5, 0.6) is 0 Å². The molecule has 23 heavy (non-hydrogen) atoms. The van der Waals surface area contributed by atoms with Crippen LogP contribution in [-0.4, -0.2) is 10.5 Å². The average Bonchev–Trinajstić information content (AvgIpc) is 2.84. The molecule has 3 rings (SSSR count). The number of carbonyl (C=O) groups is 1. The Kier molecular flexibility index (Phi) is 4.04. The summed E-state index contributed by atoms with van der Waals surface area (Å²) in [6, 6.07) is 7.45. The Hall–Kier alpha value is -2.41. The highest BCUT2D eigenvalue weighted by atomic mass is 32.1. The highest BCUT2D eigenvalue weighted by Crippen LogP contribution is 2.22. The highest BCUT2D eigenvalue weighted by molar-refractivity contribution is 7.16. The molecule has 0 N–H and O–H groups in total. The molecular formula is C16H11F3N2OS. The van der Waals surface area contributed by atoms with E-state index in [0.717, 1.165) is 23.5 Å². The standard InChI is InChI=1S/C16H11F3N2OS/c1-2-21-14-12(19)7-9(17)8-13(14)23-16(21)20-15(22)10-5-3-4-6-11(10)18/h3-8H,2H2,1H3. The maximum Gasteiger partial charge on any atom is 0.282 e. The predicted octanol–water partition coefficient (Wildman–Crippen LogP) is 3.88. The Labute approximate surface area is 133 Å². The molecule has 0 fully saturated rings. The van der Waals surface area contributed by atoms with Crippen molar-refractivity contribution in [1.82, 2.24) is 4.57 Å². The fourth-order valence-corrected chi connectivity index (χ4v) is 3.42. The van der Waals surface area contributed by atoms with Crippen LogP contribution >= 0.6 is 11.3 Å². The van der Waals surface area contributed by atoms with E-state index in [4.69, 9.17) is 0 Å². The molecule has 0 aliphatic carbocycles. The summed E-state index contributed by atoms with van der Waals surface area (Å²) < 4.78 is 42.8. The summed E-state index contributed by atoms with van der Waals surface area (Å²) in [7, 11) is 0. The van der Waals surface area contributed by atoms with Crippen LogP contribution < -0.4 is 4.80 Å². The first-order valence-electron chi connectivity index (χ1n) is 6.83. The zero-order valence-electron chi connectivity index (χ0n) is 12.0. The van der Waals surface area contributed by atoms with Crippen LogP contribution in [0.3, 0.4) is 0 Å². The number of hydrogen-bond acceptors (Lipinski definition) is 2. The van der Waals surface area contributed by atoms with Crippen molar-refractivity contribution in [1.29, 1.82) is 0 Å². The number of nitrogens with zero attached hydrogens (tertiary/aromatic N) is 2. The van der Waals surface area contributed by atoms with Gasteiger partial charge < -0.3 is 4.57 Å². The summed E-state index contributed by atoms with van der Waals surface area (Å²) in [4.78, 5) is 16.2. The fourth-order valence-electron chi connectivity index (χ4n) is 2.29. The third-order valence-corrected chi connectivity index (χ3v) is 4.34. The van der Waals surface area contributed by atoms with Crippen molar-refractivity contribution in [2.24, 2.45) is 4.99 Å². The molecule has 0 aliphatic rings. The van der Waals surface area contributed by atoms with E-state index in [1.807, 2.05) is 0 Å². The Balaban J connectivity index is 2.22. The molecule has 0 radical (unpaired) electrons. The SMILES string of the molecule is CCn1c(=NC(=O)c2ccccc2F)sc2cc(F)cc(F)c21. The Morgan fingerprint density at radius 1 is 1.17 bits per heavy atom. The van der Waals surface area contributed by atoms with Crippen molar-refractivity contribution in [3.8, 4) is 0 Å². The number of amides is 1. The monoisotopic (exact) mass is 336 g/mol. The van der Waals surface area contributed by atoms with Crippen LogP contribution in [0, 0.1) is 17.5 Å². The molecule has 3 nitrogen and oxygen atoms in total. The van der Waals surface area contributed by atoms with E-state index >= 15 is 0 Å². The molecule has 0 spiro atoms. The van der Waals surface area contributed by atoms with Gasteiger partial charge in [0.25, 0.3) is 5.91 Å². The minimum Gasteiger partial charge on any atom is -0.314 e. The molecule has 2 aromatic carbocycles. The van der Waals surface area contributed by atoms with Gasteiger partial charge in [0.15, 0.2) is 10.6 Å². The van der Waals surface area contributed by atoms with Crippen molar-refractivity contribution in [3.05, 3.63) is 64.2 Å². The van der Waals surface area contributed by atoms with Crippen molar-refractivity contribution in [2.45, 2.75) is 13.5 Å². The quantitative estimate of drug-likeness (QED) is 0.699. The number of thiazole rings is 1. The van der Waals surface area contributed by atoms with Crippen LogP contribution in [0.25, 0.3) is 10.2 Å². The number of aromatic nitrogens is 1. The number of carbonyl (C=O) groups excluding carboxylic acids is 1. The number of halogens is 3. The number of hydrogen-bond donors (Lipinski definition) is 0. The molecule has 1 amide bonds. The maximum atomic E-state index is 14.0. The van der Waals surface area contributed by atoms with E-state index in [-0.39, 0.29) is 15.9 Å². The van der Waals surface area contributed by atoms with Gasteiger partial charge in [-0.1, -0.05) is 23.5 Å². The number of aryl methyl sites for hydroxylation is 1. The topological polar surface area (TPSA) is 34.4 Å². The second kappa shape index (κ2) is 6.00. The molecule has 1 heterocycles. The van der Waals surface area contributed by atoms with Crippen LogP contribution in [0.1, 0.15) is 17.3 Å². The smallest absolute Gasteiger partial charge is 0.282 e. The van der Waals surface area contributed by atoms with E-state index in [2.05, 4.69) is 4.99 Å². The lowest BCUT2D eigenvalue weighted by Crippen LogP contribution is -2.16. The summed E-state index contributed by atoms with van der Waals surface area (Å²) in [5.74, 6) is -2.87. The Morgan fingerprint density at radius 2 is 1.91 bits per heavy atom. The first-order valence-corrected chi connectivity index (χ1v) is 7.65. The third kappa shape index (κ3) is 2.79. The first kappa shape index (κ1) is 15.5. The van der Waals surface area contributed by atoms with Gasteiger partial charge in [-0.25, -0.2) is 13.2 Å². The van der Waals surface area contributed by atoms with Crippen LogP contribution in [0.4, 0.5) is 13.2 Å². The lowest BCUT2D eigenvalue weighted by atomic mass is 10.2. The summed E-state index contributed by atoms with van der Waals surface area (Å²) >= 11 is 0.979. The molecule has 0 saturated heterocycles. The fraction of sp³-hybridized carbons (Fsp3) is 0.125. The van der Waals surface area contributed by atoms with Crippen molar-refractivity contribution >= 4 is 27.5 Å². The van der Waals surface area contributed by atoms with Gasteiger partial charge in [0, 0.05) is 12.6 Å². The highest BCUT2D eigenvalue weighted by Gasteiger charge is 2.14. The van der Waals surface area contributed by atoms with E-state index in [1.165, 1.54) is 28.8 Å². The van der Waals surface area contributed by atoms with Gasteiger partial charge in [0.2, 0.25) is 0 Å². The number of fused-ring (bicyclic) bond motifs is 1. The molecule has 3 aromatic rings. The second-order valence-electron chi connectivity index (χ2n) is 4.76. The molecule has 0 saturated carbocycles. The molecule has 0 unspecified atom stereocenters. The molecule has 0 aliphatic heterocycles. The van der Waals surface area contributed by atoms with Gasteiger partial charge in [0.05, 0.1) is 15.8 Å². The lowest BCUT2D eigenvalue weighted by molar-refractivity contribution is 0.0994. The van der Waals surface area contributed by atoms with E-state index in [0.29, 0.717) is 11.2 Å². The van der Waals surface area contributed by atoms with Gasteiger partial charge in [-0.2, -0.15) is 4.99 Å². The van der Waals surface area contributed by atoms with Gasteiger partial charge in [0.1, 0.15) is 11.6 Å². The molecule has 0 atom stereocenters. The Morgan fingerprint density at radius 3 is 2.61 bits per heavy atom. The molecular weight excluding hydrogens is 325 g/mol. The second-order valence-corrected chi connectivity index (χ2v) is 5.77. The summed E-state index contributed by atoms with van der Waals surface area (Å²) in [5.41, 5.74) is 0.0123. The zero-order chi connectivity index (χ0) is 16.6. The maximum absolute atomic E-state index is 14.0. The Bertz CT molecular complexity index is 975. The van der Waals surface area contributed by atoms with Gasteiger partial charge in [-0.15, -0.1) is 0 Å². The molecule has 7 heteroatoms. The van der Waals surface area contributed by atoms with Crippen molar-refractivity contribution in [3.63, 3.8) is 0 Å². The van der Waals surface area contributed by atoms with Crippen molar-refractivity contribution < 1.29 is 18.0 Å². The van der Waals surface area contributed by atoms with E-state index < -0.39 is 23.4 Å². The summed E-state index contributed by atoms with van der Waals surface area (Å²) in [6.07, 6.45) is 0. The third-order valence-electron chi connectivity index (χ3n) is 3.31.